The second-order valence-electron chi connectivity index (χ2n) is 7.41. The Bertz CT molecular complexity index is 857. The fraction of sp³-hybridized carbons (Fsp3) is 0.429. The Labute approximate surface area is 163 Å². The third-order valence-electron chi connectivity index (χ3n) is 5.14. The smallest absolute Gasteiger partial charge is 0.240 e. The molecule has 0 amide bonds. The molecule has 146 valence electrons. The van der Waals surface area contributed by atoms with Crippen molar-refractivity contribution in [2.75, 3.05) is 38.6 Å². The fourth-order valence-corrected chi connectivity index (χ4v) is 4.70. The zero-order valence-electron chi connectivity index (χ0n) is 16.4. The van der Waals surface area contributed by atoms with Crippen molar-refractivity contribution in [3.63, 3.8) is 0 Å². The van der Waals surface area contributed by atoms with Gasteiger partial charge in [-0.1, -0.05) is 24.3 Å². The van der Waals surface area contributed by atoms with Gasteiger partial charge in [0.1, 0.15) is 0 Å². The molecule has 2 aromatic rings. The maximum absolute atomic E-state index is 12.7. The molecule has 1 atom stereocenters. The van der Waals surface area contributed by atoms with E-state index in [-0.39, 0.29) is 6.04 Å². The van der Waals surface area contributed by atoms with Crippen molar-refractivity contribution in [2.45, 2.75) is 30.7 Å². The summed E-state index contributed by atoms with van der Waals surface area (Å²) in [7, 11) is 0.512. The van der Waals surface area contributed by atoms with Gasteiger partial charge < -0.3 is 4.90 Å². The molecule has 6 heteroatoms. The van der Waals surface area contributed by atoms with Crippen LogP contribution in [0.25, 0.3) is 0 Å². The molecule has 5 nitrogen and oxygen atoms in total. The van der Waals surface area contributed by atoms with Crippen LogP contribution in [0.5, 0.6) is 0 Å². The summed E-state index contributed by atoms with van der Waals surface area (Å²) in [6.07, 6.45) is 2.33. The Morgan fingerprint density at radius 3 is 2.33 bits per heavy atom. The van der Waals surface area contributed by atoms with Gasteiger partial charge in [-0.25, -0.2) is 13.1 Å². The van der Waals surface area contributed by atoms with Crippen LogP contribution in [0.2, 0.25) is 0 Å². The van der Waals surface area contributed by atoms with Gasteiger partial charge in [-0.05, 0) is 68.2 Å². The molecule has 1 N–H and O–H groups in total. The third-order valence-corrected chi connectivity index (χ3v) is 6.56. The van der Waals surface area contributed by atoms with E-state index < -0.39 is 10.0 Å². The van der Waals surface area contributed by atoms with E-state index in [9.17, 15) is 8.42 Å². The Hall–Kier alpha value is -1.89. The minimum Gasteiger partial charge on any atom is -0.378 e. The summed E-state index contributed by atoms with van der Waals surface area (Å²) in [4.78, 5) is 4.77. The van der Waals surface area contributed by atoms with E-state index in [0.29, 0.717) is 11.4 Å². The molecular formula is C21H29N3O2S. The van der Waals surface area contributed by atoms with E-state index in [0.717, 1.165) is 42.7 Å². The SMILES string of the molecule is Cc1cccc(S(=O)(=O)NCC(c2ccc(N(C)C)cc2)N2CCCC2)c1. The predicted molar refractivity (Wildman–Crippen MR) is 111 cm³/mol. The van der Waals surface area contributed by atoms with Gasteiger partial charge in [-0.3, -0.25) is 4.90 Å². The number of anilines is 1. The predicted octanol–water partition coefficient (Wildman–Crippen LogP) is 3.18. The first-order valence-electron chi connectivity index (χ1n) is 9.44. The summed E-state index contributed by atoms with van der Waals surface area (Å²) < 4.78 is 28.3. The van der Waals surface area contributed by atoms with Crippen molar-refractivity contribution in [1.29, 1.82) is 0 Å². The number of nitrogens with one attached hydrogen (secondary N) is 1. The molecule has 0 spiro atoms. The third kappa shape index (κ3) is 4.89. The van der Waals surface area contributed by atoms with Crippen LogP contribution in [0.4, 0.5) is 5.69 Å². The van der Waals surface area contributed by atoms with E-state index in [2.05, 4.69) is 38.8 Å². The lowest BCUT2D eigenvalue weighted by Crippen LogP contribution is -2.36. The average molecular weight is 388 g/mol. The van der Waals surface area contributed by atoms with E-state index in [1.807, 2.05) is 27.1 Å². The molecule has 0 aliphatic carbocycles. The number of likely N-dealkylation sites (tertiary alicyclic amines) is 1. The van der Waals surface area contributed by atoms with Crippen LogP contribution < -0.4 is 9.62 Å². The summed E-state index contributed by atoms with van der Waals surface area (Å²) in [6.45, 7) is 4.29. The second kappa shape index (κ2) is 8.42. The van der Waals surface area contributed by atoms with Crippen LogP contribution >= 0.6 is 0 Å². The Morgan fingerprint density at radius 2 is 1.74 bits per heavy atom. The second-order valence-corrected chi connectivity index (χ2v) is 9.18. The molecular weight excluding hydrogens is 358 g/mol. The lowest BCUT2D eigenvalue weighted by molar-refractivity contribution is 0.246. The van der Waals surface area contributed by atoms with Crippen molar-refractivity contribution < 1.29 is 8.42 Å². The van der Waals surface area contributed by atoms with Crippen LogP contribution in [0.15, 0.2) is 53.4 Å². The molecule has 2 aromatic carbocycles. The molecule has 1 saturated heterocycles. The number of hydrogen-bond donors (Lipinski definition) is 1. The standard InChI is InChI=1S/C21H29N3O2S/c1-17-7-6-8-20(15-17)27(25,26)22-16-21(24-13-4-5-14-24)18-9-11-19(12-10-18)23(2)3/h6-12,15,21-22H,4-5,13-14,16H2,1-3H3. The van der Waals surface area contributed by atoms with Gasteiger partial charge >= 0.3 is 0 Å². The quantitative estimate of drug-likeness (QED) is 0.793. The molecule has 1 fully saturated rings. The highest BCUT2D eigenvalue weighted by Gasteiger charge is 2.25. The van der Waals surface area contributed by atoms with Gasteiger partial charge in [0.05, 0.1) is 4.90 Å². The van der Waals surface area contributed by atoms with Crippen LogP contribution in [0.1, 0.15) is 30.0 Å². The molecule has 0 bridgehead atoms. The number of nitrogens with zero attached hydrogens (tertiary/aromatic N) is 2. The van der Waals surface area contributed by atoms with Crippen LogP contribution in [-0.2, 0) is 10.0 Å². The van der Waals surface area contributed by atoms with E-state index >= 15 is 0 Å². The van der Waals surface area contributed by atoms with Crippen molar-refractivity contribution in [3.8, 4) is 0 Å². The van der Waals surface area contributed by atoms with E-state index in [1.54, 1.807) is 18.2 Å². The zero-order chi connectivity index (χ0) is 19.4. The molecule has 27 heavy (non-hydrogen) atoms. The Kier molecular flexibility index (Phi) is 6.19. The van der Waals surface area contributed by atoms with Crippen LogP contribution in [-0.4, -0.2) is 47.0 Å². The lowest BCUT2D eigenvalue weighted by Gasteiger charge is -2.28. The van der Waals surface area contributed by atoms with Crippen molar-refractivity contribution >= 4 is 15.7 Å². The average Bonchev–Trinajstić information content (AvgIpc) is 3.16. The minimum atomic E-state index is -3.52. The molecule has 0 saturated carbocycles. The first kappa shape index (κ1) is 19.9. The molecule has 3 rings (SSSR count). The molecule has 1 aliphatic heterocycles. The zero-order valence-corrected chi connectivity index (χ0v) is 17.2. The van der Waals surface area contributed by atoms with Gasteiger partial charge in [0.2, 0.25) is 10.0 Å². The number of benzene rings is 2. The fourth-order valence-electron chi connectivity index (χ4n) is 3.56. The molecule has 1 unspecified atom stereocenters. The molecule has 0 radical (unpaired) electrons. The van der Waals surface area contributed by atoms with E-state index in [4.69, 9.17) is 0 Å². The van der Waals surface area contributed by atoms with Crippen molar-refractivity contribution in [2.24, 2.45) is 0 Å². The summed E-state index contributed by atoms with van der Waals surface area (Å²) >= 11 is 0. The molecule has 0 aromatic heterocycles. The number of hydrogen-bond acceptors (Lipinski definition) is 4. The lowest BCUT2D eigenvalue weighted by atomic mass is 10.1. The first-order valence-corrected chi connectivity index (χ1v) is 10.9. The van der Waals surface area contributed by atoms with Crippen molar-refractivity contribution in [3.05, 3.63) is 59.7 Å². The van der Waals surface area contributed by atoms with Crippen LogP contribution in [0.3, 0.4) is 0 Å². The van der Waals surface area contributed by atoms with Crippen LogP contribution in [0, 0.1) is 6.92 Å². The highest BCUT2D eigenvalue weighted by Crippen LogP contribution is 2.27. The summed E-state index contributed by atoms with van der Waals surface area (Å²) in [5.74, 6) is 0. The first-order chi connectivity index (χ1) is 12.9. The Balaban J connectivity index is 1.79. The van der Waals surface area contributed by atoms with Gasteiger partial charge in [0.25, 0.3) is 0 Å². The highest BCUT2D eigenvalue weighted by molar-refractivity contribution is 7.89. The summed E-state index contributed by atoms with van der Waals surface area (Å²) in [6, 6.07) is 15.5. The summed E-state index contributed by atoms with van der Waals surface area (Å²) in [5.41, 5.74) is 3.22. The highest BCUT2D eigenvalue weighted by atomic mass is 32.2. The maximum Gasteiger partial charge on any atom is 0.240 e. The monoisotopic (exact) mass is 387 g/mol. The summed E-state index contributed by atoms with van der Waals surface area (Å²) in [5, 5.41) is 0. The van der Waals surface area contributed by atoms with Gasteiger partial charge in [-0.15, -0.1) is 0 Å². The van der Waals surface area contributed by atoms with Crippen molar-refractivity contribution in [1.82, 2.24) is 9.62 Å². The normalized spacial score (nSPS) is 16.4. The van der Waals surface area contributed by atoms with E-state index in [1.165, 1.54) is 0 Å². The van der Waals surface area contributed by atoms with Gasteiger partial charge in [0.15, 0.2) is 0 Å². The number of aryl methyl sites for hydroxylation is 1. The maximum atomic E-state index is 12.7. The minimum absolute atomic E-state index is 0.0447. The largest absolute Gasteiger partial charge is 0.378 e. The Morgan fingerprint density at radius 1 is 1.07 bits per heavy atom. The topological polar surface area (TPSA) is 52.7 Å². The van der Waals surface area contributed by atoms with Gasteiger partial charge in [-0.2, -0.15) is 0 Å². The molecule has 1 heterocycles. The number of sulfonamides is 1. The molecule has 1 aliphatic rings. The van der Waals surface area contributed by atoms with Gasteiger partial charge in [0, 0.05) is 32.4 Å². The number of rotatable bonds is 7.